The molecule has 1 aromatic heterocycles. The number of halogens is 1. The van der Waals surface area contributed by atoms with Crippen LogP contribution < -0.4 is 0 Å². The van der Waals surface area contributed by atoms with E-state index in [-0.39, 0.29) is 11.7 Å². The van der Waals surface area contributed by atoms with E-state index in [9.17, 15) is 12.8 Å². The molecule has 0 aliphatic carbocycles. The quantitative estimate of drug-likeness (QED) is 0.685. The molecule has 1 aliphatic rings. The van der Waals surface area contributed by atoms with E-state index in [1.807, 2.05) is 0 Å². The highest BCUT2D eigenvalue weighted by Crippen LogP contribution is 2.30. The lowest BCUT2D eigenvalue weighted by atomic mass is 9.97. The van der Waals surface area contributed by atoms with Gasteiger partial charge in [0.2, 0.25) is 10.0 Å². The van der Waals surface area contributed by atoms with E-state index in [2.05, 4.69) is 10.1 Å². The number of rotatable bonds is 4. The van der Waals surface area contributed by atoms with E-state index in [1.165, 1.54) is 16.4 Å². The number of hydrogen-bond donors (Lipinski definition) is 0. The van der Waals surface area contributed by atoms with E-state index in [1.54, 1.807) is 42.5 Å². The van der Waals surface area contributed by atoms with Crippen LogP contribution in [0.1, 0.15) is 24.6 Å². The fraction of sp³-hybridized carbons (Fsp3) is 0.263. The minimum Gasteiger partial charge on any atom is -0.334 e. The zero-order chi connectivity index (χ0) is 18.9. The number of aromatic nitrogens is 2. The Morgan fingerprint density at radius 2 is 1.67 bits per heavy atom. The molecule has 2 heterocycles. The number of nitrogens with zero attached hydrogens (tertiary/aromatic N) is 3. The molecular weight excluding hydrogens is 369 g/mol. The Hall–Kier alpha value is -2.58. The molecule has 8 heteroatoms. The van der Waals surface area contributed by atoms with Crippen LogP contribution in [0.4, 0.5) is 4.39 Å². The van der Waals surface area contributed by atoms with Crippen molar-refractivity contribution in [2.24, 2.45) is 0 Å². The molecule has 0 atom stereocenters. The third-order valence-corrected chi connectivity index (χ3v) is 6.65. The first kappa shape index (κ1) is 17.8. The average molecular weight is 387 g/mol. The van der Waals surface area contributed by atoms with Gasteiger partial charge in [0, 0.05) is 24.6 Å². The summed E-state index contributed by atoms with van der Waals surface area (Å²) in [5.41, 5.74) is 0.652. The van der Waals surface area contributed by atoms with Gasteiger partial charge in [-0.1, -0.05) is 23.4 Å². The summed E-state index contributed by atoms with van der Waals surface area (Å²) in [4.78, 5) is 4.72. The molecule has 1 saturated heterocycles. The van der Waals surface area contributed by atoms with Crippen molar-refractivity contribution in [1.82, 2.24) is 14.4 Å². The van der Waals surface area contributed by atoms with Crippen molar-refractivity contribution in [2.45, 2.75) is 23.7 Å². The van der Waals surface area contributed by atoms with Gasteiger partial charge >= 0.3 is 0 Å². The summed E-state index contributed by atoms with van der Waals surface area (Å²) in [5.74, 6) is 0.603. The Balaban J connectivity index is 1.45. The second-order valence-electron chi connectivity index (χ2n) is 6.46. The van der Waals surface area contributed by atoms with Crippen LogP contribution in [-0.2, 0) is 10.0 Å². The van der Waals surface area contributed by atoms with Crippen LogP contribution in [-0.4, -0.2) is 36.0 Å². The molecule has 0 radical (unpaired) electrons. The number of benzene rings is 2. The molecule has 0 amide bonds. The van der Waals surface area contributed by atoms with E-state index < -0.39 is 10.0 Å². The highest BCUT2D eigenvalue weighted by atomic mass is 32.2. The van der Waals surface area contributed by atoms with Crippen molar-refractivity contribution in [3.63, 3.8) is 0 Å². The standard InChI is InChI=1S/C19H18FN3O3S/c20-16-8-6-15(7-9-16)19-21-18(22-26-19)14-10-12-23(13-11-14)27(24,25)17-4-2-1-3-5-17/h1-9,14H,10-13H2. The Morgan fingerprint density at radius 1 is 1.00 bits per heavy atom. The zero-order valence-electron chi connectivity index (χ0n) is 14.5. The summed E-state index contributed by atoms with van der Waals surface area (Å²) in [7, 11) is -3.48. The van der Waals surface area contributed by atoms with E-state index in [0.29, 0.717) is 48.1 Å². The molecule has 140 valence electrons. The van der Waals surface area contributed by atoms with Crippen molar-refractivity contribution in [1.29, 1.82) is 0 Å². The van der Waals surface area contributed by atoms with Gasteiger partial charge in [-0.15, -0.1) is 0 Å². The SMILES string of the molecule is O=S(=O)(c1ccccc1)N1CCC(c2noc(-c3ccc(F)cc3)n2)CC1. The van der Waals surface area contributed by atoms with E-state index >= 15 is 0 Å². The minimum atomic E-state index is -3.48. The normalized spacial score (nSPS) is 16.5. The maximum Gasteiger partial charge on any atom is 0.257 e. The second kappa shape index (κ2) is 7.21. The maximum atomic E-state index is 13.0. The minimum absolute atomic E-state index is 0.0326. The second-order valence-corrected chi connectivity index (χ2v) is 8.39. The molecule has 3 aromatic rings. The van der Waals surface area contributed by atoms with E-state index in [0.717, 1.165) is 0 Å². The molecule has 0 unspecified atom stereocenters. The first-order valence-electron chi connectivity index (χ1n) is 8.69. The van der Waals surface area contributed by atoms with Crippen molar-refractivity contribution in [3.05, 3.63) is 66.2 Å². The topological polar surface area (TPSA) is 76.3 Å². The zero-order valence-corrected chi connectivity index (χ0v) is 15.3. The van der Waals surface area contributed by atoms with Crippen molar-refractivity contribution in [2.75, 3.05) is 13.1 Å². The Morgan fingerprint density at radius 3 is 2.33 bits per heavy atom. The summed E-state index contributed by atoms with van der Waals surface area (Å²) in [6.45, 7) is 0.810. The number of hydrogen-bond acceptors (Lipinski definition) is 5. The van der Waals surface area contributed by atoms with Crippen LogP contribution in [0.25, 0.3) is 11.5 Å². The molecule has 0 saturated carbocycles. The molecule has 0 bridgehead atoms. The monoisotopic (exact) mass is 387 g/mol. The van der Waals surface area contributed by atoms with Crippen molar-refractivity contribution < 1.29 is 17.3 Å². The fourth-order valence-electron chi connectivity index (χ4n) is 3.21. The van der Waals surface area contributed by atoms with Gasteiger partial charge < -0.3 is 4.52 Å². The predicted molar refractivity (Wildman–Crippen MR) is 96.9 cm³/mol. The van der Waals surface area contributed by atoms with Crippen LogP contribution >= 0.6 is 0 Å². The van der Waals surface area contributed by atoms with Crippen molar-refractivity contribution >= 4 is 10.0 Å². The molecule has 4 rings (SSSR count). The van der Waals surface area contributed by atoms with Crippen LogP contribution in [0.2, 0.25) is 0 Å². The molecule has 2 aromatic carbocycles. The van der Waals surface area contributed by atoms with Crippen LogP contribution in [0.15, 0.2) is 64.0 Å². The van der Waals surface area contributed by atoms with Gasteiger partial charge in [0.25, 0.3) is 5.89 Å². The molecule has 6 nitrogen and oxygen atoms in total. The smallest absolute Gasteiger partial charge is 0.257 e. The Bertz CT molecular complexity index is 1010. The van der Waals surface area contributed by atoms with Crippen LogP contribution in [0.3, 0.4) is 0 Å². The van der Waals surface area contributed by atoms with Crippen molar-refractivity contribution in [3.8, 4) is 11.5 Å². The maximum absolute atomic E-state index is 13.0. The summed E-state index contributed by atoms with van der Waals surface area (Å²) < 4.78 is 45.2. The largest absolute Gasteiger partial charge is 0.334 e. The highest BCUT2D eigenvalue weighted by molar-refractivity contribution is 7.89. The van der Waals surface area contributed by atoms with Crippen LogP contribution in [0, 0.1) is 5.82 Å². The summed E-state index contributed by atoms with van der Waals surface area (Å²) in [6, 6.07) is 14.3. The molecule has 0 spiro atoms. The van der Waals surface area contributed by atoms with Gasteiger partial charge in [-0.05, 0) is 49.2 Å². The van der Waals surface area contributed by atoms with Gasteiger partial charge in [-0.25, -0.2) is 12.8 Å². The molecule has 27 heavy (non-hydrogen) atoms. The molecule has 1 fully saturated rings. The third-order valence-electron chi connectivity index (χ3n) is 4.73. The first-order valence-corrected chi connectivity index (χ1v) is 10.1. The lowest BCUT2D eigenvalue weighted by molar-refractivity contribution is 0.307. The summed E-state index contributed by atoms with van der Waals surface area (Å²) in [6.07, 6.45) is 1.24. The summed E-state index contributed by atoms with van der Waals surface area (Å²) >= 11 is 0. The highest BCUT2D eigenvalue weighted by Gasteiger charge is 2.31. The van der Waals surface area contributed by atoms with Gasteiger partial charge in [0.05, 0.1) is 4.90 Å². The fourth-order valence-corrected chi connectivity index (χ4v) is 4.70. The Kier molecular flexibility index (Phi) is 4.75. The van der Waals surface area contributed by atoms with Crippen LogP contribution in [0.5, 0.6) is 0 Å². The van der Waals surface area contributed by atoms with Gasteiger partial charge in [0.1, 0.15) is 5.82 Å². The van der Waals surface area contributed by atoms with E-state index in [4.69, 9.17) is 4.52 Å². The number of sulfonamides is 1. The van der Waals surface area contributed by atoms with Gasteiger partial charge in [0.15, 0.2) is 5.82 Å². The lowest BCUT2D eigenvalue weighted by Crippen LogP contribution is -2.38. The van der Waals surface area contributed by atoms with Gasteiger partial charge in [-0.3, -0.25) is 0 Å². The predicted octanol–water partition coefficient (Wildman–Crippen LogP) is 3.44. The molecular formula is C19H18FN3O3S. The number of piperidine rings is 1. The summed E-state index contributed by atoms with van der Waals surface area (Å²) in [5, 5.41) is 4.04. The lowest BCUT2D eigenvalue weighted by Gasteiger charge is -2.29. The first-order chi connectivity index (χ1) is 13.0. The third kappa shape index (κ3) is 3.63. The van der Waals surface area contributed by atoms with Gasteiger partial charge in [-0.2, -0.15) is 9.29 Å². The Labute approximate surface area is 156 Å². The molecule has 0 N–H and O–H groups in total. The molecule has 1 aliphatic heterocycles. The average Bonchev–Trinajstić information content (AvgIpc) is 3.19.